The van der Waals surface area contributed by atoms with E-state index >= 15 is 0 Å². The highest BCUT2D eigenvalue weighted by Gasteiger charge is 2.48. The molecule has 0 radical (unpaired) electrons. The second-order valence-electron chi connectivity index (χ2n) is 9.31. The Balaban J connectivity index is 1.45. The molecule has 14 heteroatoms. The van der Waals surface area contributed by atoms with Crippen LogP contribution in [0.4, 0.5) is 23.2 Å². The highest BCUT2D eigenvalue weighted by atomic mass is 19.2. The number of amides is 2. The molecule has 220 valence electrons. The lowest BCUT2D eigenvalue weighted by Gasteiger charge is -2.26. The third-order valence-electron chi connectivity index (χ3n) is 6.57. The van der Waals surface area contributed by atoms with Gasteiger partial charge in [0.1, 0.15) is 18.4 Å². The second kappa shape index (κ2) is 12.2. The van der Waals surface area contributed by atoms with Crippen LogP contribution in [0, 0.1) is 23.3 Å². The van der Waals surface area contributed by atoms with E-state index in [1.54, 1.807) is 24.3 Å². The average Bonchev–Trinajstić information content (AvgIpc) is 3.42. The summed E-state index contributed by atoms with van der Waals surface area (Å²) in [5, 5.41) is 19.5. The number of nitrogens with zero attached hydrogens (tertiary/aromatic N) is 1. The first kappa shape index (κ1) is 30.0. The number of carbonyl (C=O) groups is 4. The molecule has 0 saturated heterocycles. The molecule has 0 spiro atoms. The van der Waals surface area contributed by atoms with Crippen LogP contribution in [0.5, 0.6) is 5.75 Å². The third-order valence-corrected chi connectivity index (χ3v) is 6.57. The van der Waals surface area contributed by atoms with E-state index in [-0.39, 0.29) is 24.6 Å². The predicted octanol–water partition coefficient (Wildman–Crippen LogP) is 3.87. The van der Waals surface area contributed by atoms with Gasteiger partial charge >= 0.3 is 5.97 Å². The monoisotopic (exact) mass is 589 g/mol. The Kier molecular flexibility index (Phi) is 8.73. The second-order valence-corrected chi connectivity index (χ2v) is 9.31. The lowest BCUT2D eigenvalue weighted by Crippen LogP contribution is -2.53. The van der Waals surface area contributed by atoms with Crippen LogP contribution in [0.1, 0.15) is 26.2 Å². The summed E-state index contributed by atoms with van der Waals surface area (Å²) in [4.78, 5) is 55.6. The molecule has 0 bridgehead atoms. The van der Waals surface area contributed by atoms with Gasteiger partial charge in [-0.2, -0.15) is 8.78 Å². The van der Waals surface area contributed by atoms with Crippen LogP contribution < -0.4 is 15.4 Å². The molecule has 1 heterocycles. The van der Waals surface area contributed by atoms with Crippen molar-refractivity contribution in [2.24, 2.45) is 5.16 Å². The normalized spacial score (nSPS) is 16.7. The van der Waals surface area contributed by atoms with Crippen molar-refractivity contribution in [1.29, 1.82) is 0 Å². The van der Waals surface area contributed by atoms with Crippen molar-refractivity contribution in [3.05, 3.63) is 71.8 Å². The topological polar surface area (TPSA) is 143 Å². The van der Waals surface area contributed by atoms with Crippen LogP contribution in [0.2, 0.25) is 0 Å². The van der Waals surface area contributed by atoms with Gasteiger partial charge in [0.15, 0.2) is 23.2 Å². The van der Waals surface area contributed by atoms with E-state index in [0.717, 1.165) is 10.8 Å². The molecule has 4 rings (SSSR count). The lowest BCUT2D eigenvalue weighted by atomic mass is 9.92. The molecule has 0 aliphatic carbocycles. The van der Waals surface area contributed by atoms with Crippen molar-refractivity contribution < 1.29 is 51.4 Å². The Morgan fingerprint density at radius 3 is 2.38 bits per heavy atom. The Hall–Kier alpha value is -5.01. The number of carbonyl (C=O) groups excluding carboxylic acids is 3. The Morgan fingerprint density at radius 1 is 1.05 bits per heavy atom. The van der Waals surface area contributed by atoms with Gasteiger partial charge in [0.05, 0.1) is 12.8 Å². The van der Waals surface area contributed by atoms with Crippen molar-refractivity contribution in [3.63, 3.8) is 0 Å². The quantitative estimate of drug-likeness (QED) is 0.228. The fraction of sp³-hybridized carbons (Fsp3) is 0.250. The minimum Gasteiger partial charge on any atom is -0.481 e. The molecule has 3 aromatic carbocycles. The zero-order valence-electron chi connectivity index (χ0n) is 21.9. The summed E-state index contributed by atoms with van der Waals surface area (Å²) in [6, 6.07) is 10.7. The number of ketones is 1. The number of ether oxygens (including phenoxy) is 1. The van der Waals surface area contributed by atoms with Gasteiger partial charge in [-0.25, -0.2) is 8.78 Å². The highest BCUT2D eigenvalue weighted by Crippen LogP contribution is 2.30. The molecule has 1 unspecified atom stereocenters. The van der Waals surface area contributed by atoms with E-state index in [1.165, 1.54) is 6.92 Å². The first-order valence-electron chi connectivity index (χ1n) is 12.5. The Morgan fingerprint density at radius 2 is 1.71 bits per heavy atom. The minimum absolute atomic E-state index is 0.0583. The minimum atomic E-state index is -1.91. The Labute approximate surface area is 235 Å². The number of benzene rings is 3. The van der Waals surface area contributed by atoms with E-state index in [4.69, 9.17) is 4.84 Å². The van der Waals surface area contributed by atoms with Crippen LogP contribution in [-0.4, -0.2) is 52.6 Å². The maximum atomic E-state index is 13.9. The number of aliphatic carboxylic acids is 1. The lowest BCUT2D eigenvalue weighted by molar-refractivity contribution is -0.148. The Bertz CT molecular complexity index is 1580. The van der Waals surface area contributed by atoms with Crippen LogP contribution in [0.15, 0.2) is 53.7 Å². The van der Waals surface area contributed by atoms with Crippen molar-refractivity contribution in [2.75, 3.05) is 11.9 Å². The molecule has 2 atom stereocenters. The number of anilines is 1. The van der Waals surface area contributed by atoms with Crippen LogP contribution in [-0.2, 0) is 24.0 Å². The zero-order chi connectivity index (χ0) is 30.6. The summed E-state index contributed by atoms with van der Waals surface area (Å²) >= 11 is 0. The molecule has 0 aromatic heterocycles. The van der Waals surface area contributed by atoms with E-state index < -0.39 is 77.3 Å². The van der Waals surface area contributed by atoms with Crippen molar-refractivity contribution >= 4 is 45.7 Å². The van der Waals surface area contributed by atoms with Gasteiger partial charge in [0.25, 0.3) is 11.8 Å². The first-order valence-corrected chi connectivity index (χ1v) is 12.5. The van der Waals surface area contributed by atoms with Gasteiger partial charge in [0.2, 0.25) is 17.2 Å². The molecule has 3 aromatic rings. The molecule has 1 aliphatic rings. The average molecular weight is 589 g/mol. The van der Waals surface area contributed by atoms with Gasteiger partial charge in [-0.15, -0.1) is 0 Å². The molecule has 0 fully saturated rings. The standard InChI is InChI=1S/C28H23F4N3O7/c1-2-28(12-20(35-42-28)26(39)33-18-9-5-7-14-6-3-4-8-15(14)18)27(40)34-19(11-22(37)38)21(36)13-41-25-23(31)16(29)10-17(30)24(25)32/h3-10,19H,2,11-13H2,1H3,(H,33,39)(H,34,40)(H,37,38)/t19-,28?/m0/s1. The number of oxime groups is 1. The van der Waals surface area contributed by atoms with Crippen molar-refractivity contribution in [2.45, 2.75) is 37.8 Å². The number of rotatable bonds is 11. The number of hydrogen-bond donors (Lipinski definition) is 3. The summed E-state index contributed by atoms with van der Waals surface area (Å²) in [5.74, 6) is -13.3. The summed E-state index contributed by atoms with van der Waals surface area (Å²) in [6.07, 6.45) is -1.38. The van der Waals surface area contributed by atoms with Crippen molar-refractivity contribution in [1.82, 2.24) is 5.32 Å². The molecule has 0 saturated carbocycles. The largest absolute Gasteiger partial charge is 0.481 e. The molecular formula is C28H23F4N3O7. The fourth-order valence-electron chi connectivity index (χ4n) is 4.23. The van der Waals surface area contributed by atoms with Gasteiger partial charge in [-0.3, -0.25) is 19.2 Å². The van der Waals surface area contributed by atoms with E-state index in [0.29, 0.717) is 5.69 Å². The SMILES string of the molecule is CCC1(C(=O)N[C@@H](CC(=O)O)C(=O)COc2c(F)c(F)cc(F)c2F)CC(C(=O)Nc2cccc3ccccc23)=NO1. The molecule has 2 amide bonds. The number of Topliss-reactive ketones (excluding diaryl/α,β-unsaturated/α-hetero) is 1. The number of halogens is 4. The van der Waals surface area contributed by atoms with E-state index in [2.05, 4.69) is 20.5 Å². The van der Waals surface area contributed by atoms with Crippen LogP contribution >= 0.6 is 0 Å². The number of fused-ring (bicyclic) bond motifs is 1. The van der Waals surface area contributed by atoms with Crippen molar-refractivity contribution in [3.8, 4) is 5.75 Å². The molecule has 3 N–H and O–H groups in total. The van der Waals surface area contributed by atoms with Gasteiger partial charge in [-0.05, 0) is 17.9 Å². The number of carboxylic acid groups (broad SMARTS) is 1. The summed E-state index contributed by atoms with van der Waals surface area (Å²) < 4.78 is 59.3. The van der Waals surface area contributed by atoms with Gasteiger partial charge in [-0.1, -0.05) is 48.5 Å². The third kappa shape index (κ3) is 6.16. The maximum Gasteiger partial charge on any atom is 0.305 e. The number of nitrogens with one attached hydrogen (secondary N) is 2. The highest BCUT2D eigenvalue weighted by molar-refractivity contribution is 6.44. The summed E-state index contributed by atoms with van der Waals surface area (Å²) in [6.45, 7) is 0.284. The summed E-state index contributed by atoms with van der Waals surface area (Å²) in [7, 11) is 0. The van der Waals surface area contributed by atoms with Crippen LogP contribution in [0.25, 0.3) is 10.8 Å². The molecule has 10 nitrogen and oxygen atoms in total. The zero-order valence-corrected chi connectivity index (χ0v) is 21.9. The number of hydrogen-bond acceptors (Lipinski definition) is 7. The van der Waals surface area contributed by atoms with Gasteiger partial charge < -0.3 is 25.3 Å². The predicted molar refractivity (Wildman–Crippen MR) is 140 cm³/mol. The first-order chi connectivity index (χ1) is 20.0. The number of carboxylic acids is 1. The molecule has 42 heavy (non-hydrogen) atoms. The molecule has 1 aliphatic heterocycles. The van der Waals surface area contributed by atoms with E-state index in [1.807, 2.05) is 18.2 Å². The van der Waals surface area contributed by atoms with Crippen LogP contribution in [0.3, 0.4) is 0 Å². The summed E-state index contributed by atoms with van der Waals surface area (Å²) in [5.41, 5.74) is -1.46. The fourth-order valence-corrected chi connectivity index (χ4v) is 4.23. The van der Waals surface area contributed by atoms with E-state index in [9.17, 15) is 41.8 Å². The maximum absolute atomic E-state index is 13.9. The van der Waals surface area contributed by atoms with Gasteiger partial charge in [0, 0.05) is 17.1 Å². The molecular weight excluding hydrogens is 566 g/mol. The smallest absolute Gasteiger partial charge is 0.305 e.